The third-order valence-corrected chi connectivity index (χ3v) is 4.22. The van der Waals surface area contributed by atoms with Crippen molar-refractivity contribution in [2.45, 2.75) is 13.8 Å². The molecular weight excluding hydrogens is 326 g/mol. The lowest BCUT2D eigenvalue weighted by molar-refractivity contribution is -0.118. The van der Waals surface area contributed by atoms with Crippen LogP contribution in [-0.4, -0.2) is 30.6 Å². The summed E-state index contributed by atoms with van der Waals surface area (Å²) in [5, 5.41) is 3.84. The molecule has 3 rings (SSSR count). The topological polar surface area (TPSA) is 54.5 Å². The van der Waals surface area contributed by atoms with Gasteiger partial charge in [0.15, 0.2) is 6.61 Å². The smallest absolute Gasteiger partial charge is 0.262 e. The molecule has 0 bridgehead atoms. The SMILES string of the molecule is CCN(CC)c1ccc(NC(=O)COc2ccc3ncccc3c2)cc1. The normalized spacial score (nSPS) is 10.5. The Morgan fingerprint density at radius 1 is 1.08 bits per heavy atom. The van der Waals surface area contributed by atoms with E-state index < -0.39 is 0 Å². The fourth-order valence-electron chi connectivity index (χ4n) is 2.83. The Morgan fingerprint density at radius 3 is 2.58 bits per heavy atom. The van der Waals surface area contributed by atoms with Crippen LogP contribution >= 0.6 is 0 Å². The highest BCUT2D eigenvalue weighted by Crippen LogP contribution is 2.20. The second-order valence-corrected chi connectivity index (χ2v) is 5.91. The average Bonchev–Trinajstić information content (AvgIpc) is 2.68. The van der Waals surface area contributed by atoms with Gasteiger partial charge in [0.1, 0.15) is 5.75 Å². The van der Waals surface area contributed by atoms with Crippen molar-refractivity contribution in [3.8, 4) is 5.75 Å². The first kappa shape index (κ1) is 17.7. The highest BCUT2D eigenvalue weighted by Gasteiger charge is 2.06. The Hall–Kier alpha value is -3.08. The van der Waals surface area contributed by atoms with Crippen molar-refractivity contribution < 1.29 is 9.53 Å². The number of anilines is 2. The van der Waals surface area contributed by atoms with Gasteiger partial charge in [0.05, 0.1) is 5.52 Å². The van der Waals surface area contributed by atoms with Crippen molar-refractivity contribution in [1.29, 1.82) is 0 Å². The second kappa shape index (κ2) is 8.34. The number of nitrogens with zero attached hydrogens (tertiary/aromatic N) is 2. The first-order valence-corrected chi connectivity index (χ1v) is 8.82. The molecule has 0 saturated heterocycles. The van der Waals surface area contributed by atoms with Crippen molar-refractivity contribution >= 4 is 28.2 Å². The monoisotopic (exact) mass is 349 g/mol. The molecular formula is C21H23N3O2. The fraction of sp³-hybridized carbons (Fsp3) is 0.238. The second-order valence-electron chi connectivity index (χ2n) is 5.91. The zero-order valence-corrected chi connectivity index (χ0v) is 15.1. The largest absolute Gasteiger partial charge is 0.484 e. The summed E-state index contributed by atoms with van der Waals surface area (Å²) < 4.78 is 5.60. The van der Waals surface area contributed by atoms with E-state index in [2.05, 4.69) is 29.0 Å². The minimum Gasteiger partial charge on any atom is -0.484 e. The Balaban J connectivity index is 1.56. The molecule has 5 heteroatoms. The van der Waals surface area contributed by atoms with Gasteiger partial charge in [0.25, 0.3) is 5.91 Å². The molecule has 134 valence electrons. The van der Waals surface area contributed by atoms with E-state index in [1.807, 2.05) is 54.6 Å². The third kappa shape index (κ3) is 4.30. The Morgan fingerprint density at radius 2 is 1.85 bits per heavy atom. The maximum absolute atomic E-state index is 12.1. The number of hydrogen-bond acceptors (Lipinski definition) is 4. The Bertz CT molecular complexity index is 874. The van der Waals surface area contributed by atoms with E-state index in [0.29, 0.717) is 5.75 Å². The maximum Gasteiger partial charge on any atom is 0.262 e. The molecule has 0 saturated carbocycles. The number of rotatable bonds is 7. The van der Waals surface area contributed by atoms with Gasteiger partial charge in [-0.2, -0.15) is 0 Å². The van der Waals surface area contributed by atoms with Crippen LogP contribution in [0.4, 0.5) is 11.4 Å². The number of hydrogen-bond donors (Lipinski definition) is 1. The summed E-state index contributed by atoms with van der Waals surface area (Å²) in [7, 11) is 0. The minimum absolute atomic E-state index is 0.0381. The van der Waals surface area contributed by atoms with Crippen LogP contribution in [0.25, 0.3) is 10.9 Å². The van der Waals surface area contributed by atoms with Crippen LogP contribution in [0, 0.1) is 0 Å². The van der Waals surface area contributed by atoms with Crippen LogP contribution in [0.15, 0.2) is 60.8 Å². The quantitative estimate of drug-likeness (QED) is 0.698. The van der Waals surface area contributed by atoms with E-state index in [0.717, 1.165) is 35.4 Å². The molecule has 0 unspecified atom stereocenters. The molecule has 0 aliphatic carbocycles. The van der Waals surface area contributed by atoms with Gasteiger partial charge in [0.2, 0.25) is 0 Å². The van der Waals surface area contributed by atoms with E-state index in [-0.39, 0.29) is 12.5 Å². The van der Waals surface area contributed by atoms with E-state index in [1.54, 1.807) is 6.20 Å². The predicted molar refractivity (Wildman–Crippen MR) is 106 cm³/mol. The number of carbonyl (C=O) groups is 1. The summed E-state index contributed by atoms with van der Waals surface area (Å²) in [6, 6.07) is 17.3. The summed E-state index contributed by atoms with van der Waals surface area (Å²) in [5.41, 5.74) is 2.81. The Labute approximate surface area is 153 Å². The number of amides is 1. The van der Waals surface area contributed by atoms with Crippen molar-refractivity contribution in [2.24, 2.45) is 0 Å². The van der Waals surface area contributed by atoms with Crippen molar-refractivity contribution in [3.05, 3.63) is 60.8 Å². The third-order valence-electron chi connectivity index (χ3n) is 4.22. The Kier molecular flexibility index (Phi) is 5.69. The van der Waals surface area contributed by atoms with Crippen LogP contribution in [0.1, 0.15) is 13.8 Å². The summed E-state index contributed by atoms with van der Waals surface area (Å²) in [4.78, 5) is 18.6. The lowest BCUT2D eigenvalue weighted by atomic mass is 10.2. The molecule has 1 N–H and O–H groups in total. The molecule has 0 aliphatic heterocycles. The molecule has 1 aromatic heterocycles. The molecule has 0 fully saturated rings. The van der Waals surface area contributed by atoms with Gasteiger partial charge in [-0.15, -0.1) is 0 Å². The van der Waals surface area contributed by atoms with Gasteiger partial charge in [-0.25, -0.2) is 0 Å². The maximum atomic E-state index is 12.1. The summed E-state index contributed by atoms with van der Waals surface area (Å²) in [5.74, 6) is 0.462. The standard InChI is InChI=1S/C21H23N3O2/c1-3-24(4-2)18-9-7-17(8-10-18)23-21(25)15-26-19-11-12-20-16(14-19)6-5-13-22-20/h5-14H,3-4,15H2,1-2H3,(H,23,25). The van der Waals surface area contributed by atoms with Crippen molar-refractivity contribution in [3.63, 3.8) is 0 Å². The highest BCUT2D eigenvalue weighted by atomic mass is 16.5. The van der Waals surface area contributed by atoms with E-state index in [9.17, 15) is 4.79 Å². The lowest BCUT2D eigenvalue weighted by Gasteiger charge is -2.21. The molecule has 0 aliphatic rings. The molecule has 1 heterocycles. The van der Waals surface area contributed by atoms with E-state index in [4.69, 9.17) is 4.74 Å². The first-order chi connectivity index (χ1) is 12.7. The van der Waals surface area contributed by atoms with Gasteiger partial charge < -0.3 is 15.0 Å². The minimum atomic E-state index is -0.188. The van der Waals surface area contributed by atoms with Gasteiger partial charge in [-0.05, 0) is 62.4 Å². The number of fused-ring (bicyclic) bond motifs is 1. The first-order valence-electron chi connectivity index (χ1n) is 8.82. The van der Waals surface area contributed by atoms with Crippen LogP contribution in [0.2, 0.25) is 0 Å². The molecule has 0 radical (unpaired) electrons. The predicted octanol–water partition coefficient (Wildman–Crippen LogP) is 4.10. The molecule has 3 aromatic rings. The molecule has 0 atom stereocenters. The van der Waals surface area contributed by atoms with Crippen molar-refractivity contribution in [2.75, 3.05) is 29.9 Å². The number of aromatic nitrogens is 1. The molecule has 0 spiro atoms. The molecule has 26 heavy (non-hydrogen) atoms. The van der Waals surface area contributed by atoms with E-state index in [1.165, 1.54) is 0 Å². The summed E-state index contributed by atoms with van der Waals surface area (Å²) in [6.07, 6.45) is 1.75. The number of carbonyl (C=O) groups excluding carboxylic acids is 1. The summed E-state index contributed by atoms with van der Waals surface area (Å²) >= 11 is 0. The van der Waals surface area contributed by atoms with Crippen LogP contribution in [-0.2, 0) is 4.79 Å². The summed E-state index contributed by atoms with van der Waals surface area (Å²) in [6.45, 7) is 6.12. The van der Waals surface area contributed by atoms with Gasteiger partial charge >= 0.3 is 0 Å². The number of benzene rings is 2. The average molecular weight is 349 g/mol. The zero-order valence-electron chi connectivity index (χ0n) is 15.1. The number of pyridine rings is 1. The highest BCUT2D eigenvalue weighted by molar-refractivity contribution is 5.92. The van der Waals surface area contributed by atoms with Gasteiger partial charge in [-0.3, -0.25) is 9.78 Å². The van der Waals surface area contributed by atoms with Crippen LogP contribution in [0.3, 0.4) is 0 Å². The molecule has 1 amide bonds. The number of nitrogens with one attached hydrogen (secondary N) is 1. The fourth-order valence-corrected chi connectivity index (χ4v) is 2.83. The van der Waals surface area contributed by atoms with Crippen molar-refractivity contribution in [1.82, 2.24) is 4.98 Å². The van der Waals surface area contributed by atoms with Crippen LogP contribution < -0.4 is 15.0 Å². The van der Waals surface area contributed by atoms with Gasteiger partial charge in [-0.1, -0.05) is 6.07 Å². The zero-order chi connectivity index (χ0) is 18.4. The molecule has 2 aromatic carbocycles. The number of ether oxygens (including phenoxy) is 1. The van der Waals surface area contributed by atoms with Gasteiger partial charge in [0, 0.05) is 36.0 Å². The lowest BCUT2D eigenvalue weighted by Crippen LogP contribution is -2.22. The molecule has 5 nitrogen and oxygen atoms in total. The van der Waals surface area contributed by atoms with Crippen LogP contribution in [0.5, 0.6) is 5.75 Å². The van der Waals surface area contributed by atoms with E-state index >= 15 is 0 Å².